The lowest BCUT2D eigenvalue weighted by molar-refractivity contribution is -0.687. The lowest BCUT2D eigenvalue weighted by atomic mass is 9.79. The van der Waals surface area contributed by atoms with Gasteiger partial charge in [-0.05, 0) is 19.1 Å². The summed E-state index contributed by atoms with van der Waals surface area (Å²) in [6.07, 6.45) is 3.25. The van der Waals surface area contributed by atoms with Gasteiger partial charge in [0.25, 0.3) is 0 Å². The minimum Gasteiger partial charge on any atom is -0.477 e. The quantitative estimate of drug-likeness (QED) is 0.381. The Bertz CT molecular complexity index is 1250. The van der Waals surface area contributed by atoms with E-state index in [1.165, 1.54) is 32.9 Å². The number of hydrogen-bond donors (Lipinski definition) is 2. The van der Waals surface area contributed by atoms with Gasteiger partial charge in [-0.1, -0.05) is 24.8 Å². The average molecular weight is 501 g/mol. The van der Waals surface area contributed by atoms with Crippen LogP contribution in [0.25, 0.3) is 10.6 Å². The molecule has 3 aromatic rings. The van der Waals surface area contributed by atoms with Gasteiger partial charge in [0.05, 0.1) is 33.5 Å². The number of aliphatic hydroxyl groups is 1. The number of β-lactam (4-membered cyclic amide) rings is 1. The Balaban J connectivity index is 1.36. The van der Waals surface area contributed by atoms with E-state index >= 15 is 0 Å². The Morgan fingerprint density at radius 2 is 2.06 bits per heavy atom. The van der Waals surface area contributed by atoms with E-state index in [1.807, 2.05) is 42.9 Å². The number of pyridine rings is 1. The monoisotopic (exact) mass is 500 g/mol. The van der Waals surface area contributed by atoms with Crippen LogP contribution in [0.5, 0.6) is 0 Å². The summed E-state index contributed by atoms with van der Waals surface area (Å²) in [4.78, 5) is 33.5. The summed E-state index contributed by atoms with van der Waals surface area (Å²) in [7, 11) is 0. The molecule has 1 fully saturated rings. The topological polar surface area (TPSA) is 94.6 Å². The highest BCUT2D eigenvalue weighted by atomic mass is 32.2. The minimum absolute atomic E-state index is 0.0226. The van der Waals surface area contributed by atoms with Crippen LogP contribution in [0.2, 0.25) is 0 Å². The number of carbonyl (C=O) groups is 2. The first-order chi connectivity index (χ1) is 15.8. The van der Waals surface area contributed by atoms with Crippen molar-refractivity contribution >= 4 is 46.3 Å². The number of thiazole rings is 1. The largest absolute Gasteiger partial charge is 0.477 e. The second kappa shape index (κ2) is 8.68. The van der Waals surface area contributed by atoms with Gasteiger partial charge >= 0.3 is 5.97 Å². The van der Waals surface area contributed by atoms with Crippen molar-refractivity contribution in [1.82, 2.24) is 9.88 Å². The van der Waals surface area contributed by atoms with Crippen molar-refractivity contribution in [2.75, 3.05) is 0 Å². The number of hydrogen-bond acceptors (Lipinski definition) is 7. The molecule has 2 aliphatic heterocycles. The zero-order valence-corrected chi connectivity index (χ0v) is 20.4. The molecule has 10 heteroatoms. The summed E-state index contributed by atoms with van der Waals surface area (Å²) in [5, 5.41) is 21.8. The van der Waals surface area contributed by atoms with Crippen LogP contribution in [0.1, 0.15) is 18.7 Å². The Morgan fingerprint density at radius 1 is 1.30 bits per heavy atom. The van der Waals surface area contributed by atoms with Crippen LogP contribution in [-0.2, 0) is 16.1 Å². The van der Waals surface area contributed by atoms with Gasteiger partial charge in [0.2, 0.25) is 5.91 Å². The fraction of sp³-hybridized carbons (Fsp3) is 0.304. The molecule has 0 aliphatic carbocycles. The summed E-state index contributed by atoms with van der Waals surface area (Å²) >= 11 is 4.46. The number of carbonyl (C=O) groups excluding carboxylic acids is 1. The van der Waals surface area contributed by atoms with E-state index < -0.39 is 18.0 Å². The SMILES string of the molecule is C[C@@H](O)[C@H]1C(=O)N2C(C(=O)O)=C(Sc3nc(-c4ccc(C[n+]5ccccc5)s4)cs3)[C@H](C)[C@H]12. The maximum absolute atomic E-state index is 12.5. The number of amides is 1. The van der Waals surface area contributed by atoms with Gasteiger partial charge in [-0.3, -0.25) is 4.79 Å². The van der Waals surface area contributed by atoms with Crippen LogP contribution < -0.4 is 4.57 Å². The molecule has 0 bridgehead atoms. The van der Waals surface area contributed by atoms with Crippen LogP contribution in [0.4, 0.5) is 0 Å². The Kier molecular flexibility index (Phi) is 5.86. The van der Waals surface area contributed by atoms with Gasteiger partial charge in [-0.2, -0.15) is 4.57 Å². The second-order valence-corrected chi connectivity index (χ2v) is 11.5. The molecule has 33 heavy (non-hydrogen) atoms. The fourth-order valence-corrected chi connectivity index (χ4v) is 7.63. The predicted molar refractivity (Wildman–Crippen MR) is 127 cm³/mol. The zero-order valence-electron chi connectivity index (χ0n) is 17.9. The van der Waals surface area contributed by atoms with Gasteiger partial charge < -0.3 is 15.1 Å². The van der Waals surface area contributed by atoms with Crippen LogP contribution in [0, 0.1) is 11.8 Å². The zero-order chi connectivity index (χ0) is 23.3. The van der Waals surface area contributed by atoms with Crippen molar-refractivity contribution in [3.63, 3.8) is 0 Å². The van der Waals surface area contributed by atoms with Gasteiger partial charge in [-0.15, -0.1) is 22.7 Å². The summed E-state index contributed by atoms with van der Waals surface area (Å²) in [5.74, 6) is -2.19. The molecule has 2 N–H and O–H groups in total. The smallest absolute Gasteiger partial charge is 0.353 e. The first-order valence-electron chi connectivity index (χ1n) is 10.5. The molecule has 170 valence electrons. The maximum atomic E-state index is 12.5. The number of carboxylic acids is 1. The van der Waals surface area contributed by atoms with Gasteiger partial charge in [0.1, 0.15) is 5.70 Å². The molecular weight excluding hydrogens is 478 g/mol. The van der Waals surface area contributed by atoms with E-state index in [-0.39, 0.29) is 23.6 Å². The van der Waals surface area contributed by atoms with Crippen LogP contribution in [0.3, 0.4) is 0 Å². The number of thioether (sulfide) groups is 1. The molecule has 7 nitrogen and oxygen atoms in total. The van der Waals surface area contributed by atoms with Crippen molar-refractivity contribution < 1.29 is 24.4 Å². The van der Waals surface area contributed by atoms with E-state index in [0.717, 1.165) is 21.5 Å². The van der Waals surface area contributed by atoms with Crippen molar-refractivity contribution in [1.29, 1.82) is 0 Å². The lowest BCUT2D eigenvalue weighted by Crippen LogP contribution is -2.63. The first-order valence-corrected chi connectivity index (χ1v) is 13.0. The maximum Gasteiger partial charge on any atom is 0.353 e. The standard InChI is InChI=1S/C23H21N3O4S3/c1-12-18-17(13(2)27)21(28)26(18)19(22(29)30)20(12)33-23-24-15(11-31-23)16-7-6-14(32-16)10-25-8-4-3-5-9-25/h3-9,11-13,17-18,27H,10H2,1-2H3/p+1/t12-,13-,17-,18-/m1/s1. The van der Waals surface area contributed by atoms with Crippen molar-refractivity contribution in [2.24, 2.45) is 11.8 Å². The third-order valence-corrected chi connectivity index (χ3v) is 9.34. The number of aliphatic hydroxyl groups excluding tert-OH is 1. The lowest BCUT2D eigenvalue weighted by Gasteiger charge is -2.46. The molecule has 0 unspecified atom stereocenters. The first kappa shape index (κ1) is 22.3. The Hall–Kier alpha value is -2.53. The summed E-state index contributed by atoms with van der Waals surface area (Å²) < 4.78 is 2.85. The number of rotatable bonds is 7. The minimum atomic E-state index is -1.12. The molecule has 2 aliphatic rings. The van der Waals surface area contributed by atoms with E-state index in [1.54, 1.807) is 18.3 Å². The number of nitrogens with zero attached hydrogens (tertiary/aromatic N) is 3. The summed E-state index contributed by atoms with van der Waals surface area (Å²) in [5.41, 5.74) is 0.885. The third-order valence-electron chi connectivity index (χ3n) is 6.02. The van der Waals surface area contributed by atoms with Gasteiger partial charge in [0, 0.05) is 28.3 Å². The number of carboxylic acid groups (broad SMARTS) is 1. The number of fused-ring (bicyclic) bond motifs is 1. The summed E-state index contributed by atoms with van der Waals surface area (Å²) in [6.45, 7) is 4.29. The number of aliphatic carboxylic acids is 1. The average Bonchev–Trinajstić information content (AvgIpc) is 3.47. The number of aromatic nitrogens is 2. The molecule has 0 radical (unpaired) electrons. The molecular formula is C23H22N3O4S3+. The number of thiophene rings is 1. The molecule has 4 atom stereocenters. The van der Waals surface area contributed by atoms with Crippen LogP contribution in [0.15, 0.2) is 63.0 Å². The molecule has 1 saturated heterocycles. The fourth-order valence-electron chi connectivity index (χ4n) is 4.49. The van der Waals surface area contributed by atoms with Gasteiger partial charge in [-0.25, -0.2) is 9.78 Å². The predicted octanol–water partition coefficient (Wildman–Crippen LogP) is 3.45. The molecule has 3 aromatic heterocycles. The normalized spacial score (nSPS) is 22.9. The molecule has 0 spiro atoms. The molecule has 5 rings (SSSR count). The molecule has 1 amide bonds. The Labute approximate surface area is 203 Å². The second-order valence-electron chi connectivity index (χ2n) is 8.19. The molecule has 0 aromatic carbocycles. The molecule has 5 heterocycles. The highest BCUT2D eigenvalue weighted by Crippen LogP contribution is 2.52. The third kappa shape index (κ3) is 3.90. The van der Waals surface area contributed by atoms with Crippen LogP contribution in [-0.4, -0.2) is 44.1 Å². The molecule has 0 saturated carbocycles. The highest BCUT2D eigenvalue weighted by Gasteiger charge is 2.60. The van der Waals surface area contributed by atoms with Gasteiger partial charge in [0.15, 0.2) is 23.3 Å². The van der Waals surface area contributed by atoms with Crippen molar-refractivity contribution in [3.05, 3.63) is 63.6 Å². The van der Waals surface area contributed by atoms with E-state index in [4.69, 9.17) is 4.98 Å². The van der Waals surface area contributed by atoms with E-state index in [0.29, 0.717) is 4.91 Å². The Morgan fingerprint density at radius 3 is 2.76 bits per heavy atom. The summed E-state index contributed by atoms with van der Waals surface area (Å²) in [6, 6.07) is 9.84. The highest BCUT2D eigenvalue weighted by molar-refractivity contribution is 8.04. The van der Waals surface area contributed by atoms with E-state index in [2.05, 4.69) is 16.7 Å². The van der Waals surface area contributed by atoms with Crippen molar-refractivity contribution in [3.8, 4) is 10.6 Å². The van der Waals surface area contributed by atoms with Crippen LogP contribution >= 0.6 is 34.4 Å². The van der Waals surface area contributed by atoms with E-state index in [9.17, 15) is 19.8 Å². The van der Waals surface area contributed by atoms with Crippen molar-refractivity contribution in [2.45, 2.75) is 36.9 Å².